The molecular weight excluding hydrogens is 530 g/mol. The van der Waals surface area contributed by atoms with Crippen LogP contribution in [0.5, 0.6) is 0 Å². The molecule has 0 unspecified atom stereocenters. The van der Waals surface area contributed by atoms with Crippen LogP contribution in [-0.4, -0.2) is 0 Å². The molecule has 0 heterocycles. The Labute approximate surface area is 259 Å². The van der Waals surface area contributed by atoms with E-state index < -0.39 is 0 Å². The summed E-state index contributed by atoms with van der Waals surface area (Å²) >= 11 is 0. The summed E-state index contributed by atoms with van der Waals surface area (Å²) in [6, 6.07) is 59.6. The number of hydrogen-bond donors (Lipinski definition) is 0. The molecule has 0 aromatic heterocycles. The Morgan fingerprint density at radius 2 is 1.00 bits per heavy atom. The van der Waals surface area contributed by atoms with Gasteiger partial charge in [0, 0.05) is 22.1 Å². The van der Waals surface area contributed by atoms with Crippen molar-refractivity contribution in [1.29, 1.82) is 0 Å². The third kappa shape index (κ3) is 4.16. The van der Waals surface area contributed by atoms with E-state index in [1.165, 1.54) is 55.3 Å². The van der Waals surface area contributed by atoms with Crippen molar-refractivity contribution >= 4 is 27.8 Å². The van der Waals surface area contributed by atoms with Crippen molar-refractivity contribution in [1.82, 2.24) is 0 Å². The largest absolute Gasteiger partial charge is 0.309 e. The summed E-state index contributed by atoms with van der Waals surface area (Å²) in [6.45, 7) is 4.71. The summed E-state index contributed by atoms with van der Waals surface area (Å²) in [5, 5.41) is 2.47. The maximum Gasteiger partial charge on any atom is 0.0546 e. The molecule has 0 saturated heterocycles. The Morgan fingerprint density at radius 1 is 0.409 bits per heavy atom. The SMILES string of the molecule is CC1(C)c2ccccc2-c2ccc(-c3cccc4cccc(N(c5ccccc5)c5ccccc5-c5ccccc5)c34)cc21. The van der Waals surface area contributed by atoms with Gasteiger partial charge in [0.2, 0.25) is 0 Å². The first kappa shape index (κ1) is 26.2. The Balaban J connectivity index is 1.38. The molecule has 8 rings (SSSR count). The molecule has 0 bridgehead atoms. The van der Waals surface area contributed by atoms with Crippen LogP contribution in [0.3, 0.4) is 0 Å². The molecular formula is C43H33N. The van der Waals surface area contributed by atoms with Crippen LogP contribution in [0.2, 0.25) is 0 Å². The lowest BCUT2D eigenvalue weighted by Gasteiger charge is -2.30. The summed E-state index contributed by atoms with van der Waals surface area (Å²) in [4.78, 5) is 2.43. The maximum absolute atomic E-state index is 2.44. The van der Waals surface area contributed by atoms with Gasteiger partial charge in [-0.3, -0.25) is 0 Å². The molecule has 1 aliphatic rings. The Bertz CT molecular complexity index is 2140. The van der Waals surface area contributed by atoms with Crippen molar-refractivity contribution in [2.24, 2.45) is 0 Å². The van der Waals surface area contributed by atoms with Crippen molar-refractivity contribution in [2.75, 3.05) is 4.90 Å². The summed E-state index contributed by atoms with van der Waals surface area (Å²) in [6.07, 6.45) is 0. The third-order valence-electron chi connectivity index (χ3n) is 9.26. The van der Waals surface area contributed by atoms with Crippen LogP contribution in [0.25, 0.3) is 44.2 Å². The summed E-state index contributed by atoms with van der Waals surface area (Å²) in [5.41, 5.74) is 13.8. The molecule has 44 heavy (non-hydrogen) atoms. The topological polar surface area (TPSA) is 3.24 Å². The molecule has 0 radical (unpaired) electrons. The van der Waals surface area contributed by atoms with Gasteiger partial charge in [-0.25, -0.2) is 0 Å². The van der Waals surface area contributed by atoms with Gasteiger partial charge in [0.15, 0.2) is 0 Å². The highest BCUT2D eigenvalue weighted by Crippen LogP contribution is 2.51. The summed E-state index contributed by atoms with van der Waals surface area (Å²) in [5.74, 6) is 0. The van der Waals surface area contributed by atoms with Crippen LogP contribution in [0.15, 0.2) is 164 Å². The Kier molecular flexibility index (Phi) is 6.20. The smallest absolute Gasteiger partial charge is 0.0546 e. The monoisotopic (exact) mass is 563 g/mol. The minimum atomic E-state index is -0.0555. The van der Waals surface area contributed by atoms with Crippen LogP contribution in [0.1, 0.15) is 25.0 Å². The number of fused-ring (bicyclic) bond motifs is 4. The number of benzene rings is 7. The van der Waals surface area contributed by atoms with E-state index in [2.05, 4.69) is 183 Å². The molecule has 0 saturated carbocycles. The molecule has 0 fully saturated rings. The van der Waals surface area contributed by atoms with Crippen molar-refractivity contribution < 1.29 is 0 Å². The first-order valence-electron chi connectivity index (χ1n) is 15.4. The zero-order valence-electron chi connectivity index (χ0n) is 25.0. The summed E-state index contributed by atoms with van der Waals surface area (Å²) in [7, 11) is 0. The van der Waals surface area contributed by atoms with Gasteiger partial charge < -0.3 is 4.90 Å². The Morgan fingerprint density at radius 3 is 1.80 bits per heavy atom. The fourth-order valence-electron chi connectivity index (χ4n) is 7.14. The van der Waals surface area contributed by atoms with E-state index in [4.69, 9.17) is 0 Å². The minimum absolute atomic E-state index is 0.0555. The lowest BCUT2D eigenvalue weighted by Crippen LogP contribution is -2.15. The average molecular weight is 564 g/mol. The van der Waals surface area contributed by atoms with Crippen molar-refractivity contribution in [3.8, 4) is 33.4 Å². The van der Waals surface area contributed by atoms with Gasteiger partial charge in [0.1, 0.15) is 0 Å². The first-order chi connectivity index (χ1) is 21.6. The second-order valence-electron chi connectivity index (χ2n) is 12.2. The van der Waals surface area contributed by atoms with Gasteiger partial charge in [-0.1, -0.05) is 147 Å². The minimum Gasteiger partial charge on any atom is -0.309 e. The quantitative estimate of drug-likeness (QED) is 0.201. The van der Waals surface area contributed by atoms with E-state index in [-0.39, 0.29) is 5.41 Å². The zero-order valence-corrected chi connectivity index (χ0v) is 25.0. The lowest BCUT2D eigenvalue weighted by atomic mass is 9.81. The average Bonchev–Trinajstić information content (AvgIpc) is 3.31. The van der Waals surface area contributed by atoms with Gasteiger partial charge >= 0.3 is 0 Å². The van der Waals surface area contributed by atoms with E-state index >= 15 is 0 Å². The fraction of sp³-hybridized carbons (Fsp3) is 0.0698. The van der Waals surface area contributed by atoms with Gasteiger partial charge in [-0.05, 0) is 74.7 Å². The predicted molar refractivity (Wildman–Crippen MR) is 187 cm³/mol. The fourth-order valence-corrected chi connectivity index (χ4v) is 7.14. The van der Waals surface area contributed by atoms with Gasteiger partial charge in [0.25, 0.3) is 0 Å². The third-order valence-corrected chi connectivity index (χ3v) is 9.26. The molecule has 0 amide bonds. The van der Waals surface area contributed by atoms with E-state index in [9.17, 15) is 0 Å². The Hall–Kier alpha value is -5.40. The van der Waals surface area contributed by atoms with Crippen LogP contribution in [0, 0.1) is 0 Å². The van der Waals surface area contributed by atoms with Gasteiger partial charge in [-0.2, -0.15) is 0 Å². The number of anilines is 3. The molecule has 0 aliphatic heterocycles. The van der Waals surface area contributed by atoms with Gasteiger partial charge in [0.05, 0.1) is 11.4 Å². The van der Waals surface area contributed by atoms with E-state index in [0.29, 0.717) is 0 Å². The molecule has 7 aromatic rings. The van der Waals surface area contributed by atoms with Crippen LogP contribution >= 0.6 is 0 Å². The number of hydrogen-bond acceptors (Lipinski definition) is 1. The molecule has 0 spiro atoms. The van der Waals surface area contributed by atoms with E-state index in [1.54, 1.807) is 0 Å². The van der Waals surface area contributed by atoms with E-state index in [1.807, 2.05) is 0 Å². The van der Waals surface area contributed by atoms with E-state index in [0.717, 1.165) is 17.1 Å². The molecule has 1 heteroatoms. The molecule has 7 aromatic carbocycles. The molecule has 0 N–H and O–H groups in total. The zero-order chi connectivity index (χ0) is 29.7. The highest BCUT2D eigenvalue weighted by atomic mass is 15.1. The van der Waals surface area contributed by atoms with Crippen LogP contribution in [-0.2, 0) is 5.41 Å². The van der Waals surface area contributed by atoms with Crippen molar-refractivity contribution in [3.05, 3.63) is 175 Å². The summed E-state index contributed by atoms with van der Waals surface area (Å²) < 4.78 is 0. The highest BCUT2D eigenvalue weighted by molar-refractivity contribution is 6.09. The normalized spacial score (nSPS) is 13.0. The van der Waals surface area contributed by atoms with Crippen molar-refractivity contribution in [3.63, 3.8) is 0 Å². The van der Waals surface area contributed by atoms with Crippen LogP contribution in [0.4, 0.5) is 17.1 Å². The molecule has 210 valence electrons. The number of nitrogens with zero attached hydrogens (tertiary/aromatic N) is 1. The second kappa shape index (κ2) is 10.4. The number of para-hydroxylation sites is 2. The standard InChI is InChI=1S/C43H33N/c1-43(2)38-24-11-9-22-36(38)37-28-27-32(29-39(37)43)35-23-13-17-31-18-14-26-41(42(31)35)44(33-19-7-4-8-20-33)40-25-12-10-21-34(40)30-15-5-3-6-16-30/h3-29H,1-2H3. The van der Waals surface area contributed by atoms with Crippen molar-refractivity contribution in [2.45, 2.75) is 19.3 Å². The maximum atomic E-state index is 2.44. The van der Waals surface area contributed by atoms with Gasteiger partial charge in [-0.15, -0.1) is 0 Å². The highest BCUT2D eigenvalue weighted by Gasteiger charge is 2.35. The predicted octanol–water partition coefficient (Wildman–Crippen LogP) is 11.9. The number of rotatable bonds is 5. The molecule has 0 atom stereocenters. The molecule has 1 aliphatic carbocycles. The van der Waals surface area contributed by atoms with Crippen LogP contribution < -0.4 is 4.90 Å². The first-order valence-corrected chi connectivity index (χ1v) is 15.4. The lowest BCUT2D eigenvalue weighted by molar-refractivity contribution is 0.660. The molecule has 1 nitrogen and oxygen atoms in total. The second-order valence-corrected chi connectivity index (χ2v) is 12.2.